The van der Waals surface area contributed by atoms with Gasteiger partial charge in [-0.15, -0.1) is 0 Å². The van der Waals surface area contributed by atoms with E-state index < -0.39 is 0 Å². The molecule has 0 fully saturated rings. The fraction of sp³-hybridized carbons (Fsp3) is 0.227. The number of carbonyl (C=O) groups is 1. The number of nitrogens with one attached hydrogen (secondary N) is 1. The van der Waals surface area contributed by atoms with Crippen LogP contribution in [0.4, 0.5) is 0 Å². The first kappa shape index (κ1) is 18.6. The second kappa shape index (κ2) is 9.48. The van der Waals surface area contributed by atoms with Crippen molar-refractivity contribution in [3.63, 3.8) is 0 Å². The van der Waals surface area contributed by atoms with Crippen LogP contribution in [0.15, 0.2) is 77.6 Å². The first-order chi connectivity index (χ1) is 13.2. The van der Waals surface area contributed by atoms with E-state index in [9.17, 15) is 9.59 Å². The van der Waals surface area contributed by atoms with Crippen LogP contribution in [-0.2, 0) is 17.8 Å². The van der Waals surface area contributed by atoms with Crippen LogP contribution in [0.1, 0.15) is 18.4 Å². The maximum atomic E-state index is 12.0. The predicted molar refractivity (Wildman–Crippen MR) is 106 cm³/mol. The fourth-order valence-corrected chi connectivity index (χ4v) is 2.86. The molecule has 1 N–H and O–H groups in total. The van der Waals surface area contributed by atoms with Crippen molar-refractivity contribution in [1.29, 1.82) is 0 Å². The number of hydrogen-bond donors (Lipinski definition) is 1. The lowest BCUT2D eigenvalue weighted by Gasteiger charge is -2.08. The minimum absolute atomic E-state index is 0.00167. The van der Waals surface area contributed by atoms with E-state index in [0.717, 1.165) is 24.1 Å². The molecule has 0 saturated heterocycles. The monoisotopic (exact) mass is 361 g/mol. The molecule has 0 aliphatic carbocycles. The standard InChI is InChI=1S/C22H23N3O2/c26-21(13-7-10-18-8-3-1-4-9-18)23-16-17-25-22(27)15-14-20(24-25)19-11-5-2-6-12-19/h1-6,8-9,11-12,14-15H,7,10,13,16-17H2,(H,23,26). The molecule has 0 saturated carbocycles. The molecule has 2 aromatic carbocycles. The number of nitrogens with zero attached hydrogens (tertiary/aromatic N) is 2. The molecule has 0 aliphatic heterocycles. The minimum atomic E-state index is -0.173. The Morgan fingerprint density at radius 3 is 2.37 bits per heavy atom. The molecule has 0 spiro atoms. The summed E-state index contributed by atoms with van der Waals surface area (Å²) in [6, 6.07) is 23.1. The third kappa shape index (κ3) is 5.64. The zero-order valence-corrected chi connectivity index (χ0v) is 15.2. The molecule has 5 nitrogen and oxygen atoms in total. The van der Waals surface area contributed by atoms with Gasteiger partial charge in [-0.2, -0.15) is 5.10 Å². The number of amides is 1. The van der Waals surface area contributed by atoms with Gasteiger partial charge in [0, 0.05) is 24.6 Å². The predicted octanol–water partition coefficient (Wildman–Crippen LogP) is 3.05. The summed E-state index contributed by atoms with van der Waals surface area (Å²) in [4.78, 5) is 24.0. The van der Waals surface area contributed by atoms with Gasteiger partial charge in [-0.3, -0.25) is 9.59 Å². The second-order valence-corrected chi connectivity index (χ2v) is 6.34. The van der Waals surface area contributed by atoms with Crippen molar-refractivity contribution in [3.05, 3.63) is 88.7 Å². The normalized spacial score (nSPS) is 10.5. The van der Waals surface area contributed by atoms with E-state index in [4.69, 9.17) is 0 Å². The van der Waals surface area contributed by atoms with Gasteiger partial charge in [-0.1, -0.05) is 60.7 Å². The molecular formula is C22H23N3O2. The maximum Gasteiger partial charge on any atom is 0.266 e. The molecular weight excluding hydrogens is 338 g/mol. The van der Waals surface area contributed by atoms with E-state index in [0.29, 0.717) is 19.5 Å². The van der Waals surface area contributed by atoms with E-state index in [-0.39, 0.29) is 11.5 Å². The summed E-state index contributed by atoms with van der Waals surface area (Å²) >= 11 is 0. The Labute approximate surface area is 158 Å². The molecule has 1 aromatic heterocycles. The van der Waals surface area contributed by atoms with Gasteiger partial charge in [0.2, 0.25) is 5.91 Å². The Morgan fingerprint density at radius 2 is 1.63 bits per heavy atom. The topological polar surface area (TPSA) is 64.0 Å². The van der Waals surface area contributed by atoms with E-state index in [1.807, 2.05) is 48.5 Å². The van der Waals surface area contributed by atoms with Gasteiger partial charge in [0.05, 0.1) is 12.2 Å². The van der Waals surface area contributed by atoms with Crippen LogP contribution in [0.3, 0.4) is 0 Å². The highest BCUT2D eigenvalue weighted by Crippen LogP contribution is 2.13. The Hall–Kier alpha value is -3.21. The van der Waals surface area contributed by atoms with E-state index >= 15 is 0 Å². The van der Waals surface area contributed by atoms with E-state index in [2.05, 4.69) is 22.5 Å². The Morgan fingerprint density at radius 1 is 0.926 bits per heavy atom. The van der Waals surface area contributed by atoms with Crippen molar-refractivity contribution in [2.24, 2.45) is 0 Å². The lowest BCUT2D eigenvalue weighted by Crippen LogP contribution is -2.31. The molecule has 27 heavy (non-hydrogen) atoms. The van der Waals surface area contributed by atoms with Gasteiger partial charge in [-0.05, 0) is 24.5 Å². The molecule has 3 rings (SSSR count). The molecule has 3 aromatic rings. The highest BCUT2D eigenvalue weighted by Gasteiger charge is 2.05. The van der Waals surface area contributed by atoms with Crippen LogP contribution in [0.25, 0.3) is 11.3 Å². The zero-order valence-electron chi connectivity index (χ0n) is 15.2. The molecule has 1 heterocycles. The smallest absolute Gasteiger partial charge is 0.266 e. The summed E-state index contributed by atoms with van der Waals surface area (Å²) < 4.78 is 1.40. The molecule has 0 aliphatic rings. The zero-order chi connectivity index (χ0) is 18.9. The van der Waals surface area contributed by atoms with Crippen molar-refractivity contribution >= 4 is 5.91 Å². The van der Waals surface area contributed by atoms with Crippen LogP contribution in [-0.4, -0.2) is 22.2 Å². The molecule has 138 valence electrons. The highest BCUT2D eigenvalue weighted by molar-refractivity contribution is 5.75. The summed E-state index contributed by atoms with van der Waals surface area (Å²) in [6.07, 6.45) is 2.16. The summed E-state index contributed by atoms with van der Waals surface area (Å²) in [5.41, 5.74) is 2.76. The number of aryl methyl sites for hydroxylation is 1. The van der Waals surface area contributed by atoms with E-state index in [1.54, 1.807) is 6.07 Å². The van der Waals surface area contributed by atoms with Crippen molar-refractivity contribution in [2.45, 2.75) is 25.8 Å². The third-order valence-corrected chi connectivity index (χ3v) is 4.29. The number of carbonyl (C=O) groups excluding carboxylic acids is 1. The Balaban J connectivity index is 1.47. The highest BCUT2D eigenvalue weighted by atomic mass is 16.1. The summed E-state index contributed by atoms with van der Waals surface area (Å²) in [5, 5.41) is 7.26. The van der Waals surface area contributed by atoms with Crippen LogP contribution in [0.5, 0.6) is 0 Å². The van der Waals surface area contributed by atoms with Crippen molar-refractivity contribution in [2.75, 3.05) is 6.54 Å². The van der Waals surface area contributed by atoms with Crippen LogP contribution >= 0.6 is 0 Å². The van der Waals surface area contributed by atoms with Crippen LogP contribution in [0.2, 0.25) is 0 Å². The molecule has 0 bridgehead atoms. The number of rotatable bonds is 8. The second-order valence-electron chi connectivity index (χ2n) is 6.34. The van der Waals surface area contributed by atoms with Gasteiger partial charge >= 0.3 is 0 Å². The van der Waals surface area contributed by atoms with Crippen molar-refractivity contribution in [1.82, 2.24) is 15.1 Å². The number of benzene rings is 2. The van der Waals surface area contributed by atoms with Crippen LogP contribution < -0.4 is 10.9 Å². The maximum absolute atomic E-state index is 12.0. The average Bonchev–Trinajstić information content (AvgIpc) is 2.71. The van der Waals surface area contributed by atoms with E-state index in [1.165, 1.54) is 16.3 Å². The first-order valence-electron chi connectivity index (χ1n) is 9.16. The number of aromatic nitrogens is 2. The molecule has 0 unspecified atom stereocenters. The molecule has 0 atom stereocenters. The lowest BCUT2D eigenvalue weighted by molar-refractivity contribution is -0.121. The van der Waals surface area contributed by atoms with Gasteiger partial charge in [-0.25, -0.2) is 4.68 Å². The Kier molecular flexibility index (Phi) is 6.52. The largest absolute Gasteiger partial charge is 0.354 e. The average molecular weight is 361 g/mol. The summed E-state index contributed by atoms with van der Waals surface area (Å²) in [6.45, 7) is 0.735. The van der Waals surface area contributed by atoms with Gasteiger partial charge in [0.25, 0.3) is 5.56 Å². The minimum Gasteiger partial charge on any atom is -0.354 e. The first-order valence-corrected chi connectivity index (χ1v) is 9.16. The van der Waals surface area contributed by atoms with Crippen molar-refractivity contribution in [3.8, 4) is 11.3 Å². The quantitative estimate of drug-likeness (QED) is 0.671. The van der Waals surface area contributed by atoms with Gasteiger partial charge in [0.15, 0.2) is 0 Å². The summed E-state index contributed by atoms with van der Waals surface area (Å²) in [7, 11) is 0. The van der Waals surface area contributed by atoms with Gasteiger partial charge < -0.3 is 5.32 Å². The molecule has 1 amide bonds. The van der Waals surface area contributed by atoms with Crippen molar-refractivity contribution < 1.29 is 4.79 Å². The van der Waals surface area contributed by atoms with Crippen LogP contribution in [0, 0.1) is 0 Å². The molecule has 0 radical (unpaired) electrons. The lowest BCUT2D eigenvalue weighted by atomic mass is 10.1. The number of hydrogen-bond acceptors (Lipinski definition) is 3. The fourth-order valence-electron chi connectivity index (χ4n) is 2.86. The summed E-state index contributed by atoms with van der Waals surface area (Å²) in [5.74, 6) is -0.00167. The van der Waals surface area contributed by atoms with Gasteiger partial charge in [0.1, 0.15) is 0 Å². The SMILES string of the molecule is O=C(CCCc1ccccc1)NCCn1nc(-c2ccccc2)ccc1=O. The molecule has 5 heteroatoms. The third-order valence-electron chi connectivity index (χ3n) is 4.29. The Bertz CT molecular complexity index is 921.